The summed E-state index contributed by atoms with van der Waals surface area (Å²) in [6.07, 6.45) is 6.54. The zero-order chi connectivity index (χ0) is 25.0. The summed E-state index contributed by atoms with van der Waals surface area (Å²) < 4.78 is 59.1. The fourth-order valence-corrected chi connectivity index (χ4v) is 3.36. The number of halogens is 4. The van der Waals surface area contributed by atoms with Crippen LogP contribution in [0.3, 0.4) is 0 Å². The van der Waals surface area contributed by atoms with E-state index in [9.17, 15) is 17.6 Å². The maximum absolute atomic E-state index is 14.5. The lowest BCUT2D eigenvalue weighted by Crippen LogP contribution is -2.41. The monoisotopic (exact) mass is 467 g/mol. The molecular weight excluding hydrogens is 430 g/mol. The van der Waals surface area contributed by atoms with Crippen molar-refractivity contribution in [3.05, 3.63) is 70.3 Å². The molecule has 0 aliphatic rings. The molecule has 0 aliphatic carbocycles. The van der Waals surface area contributed by atoms with Crippen LogP contribution in [-0.4, -0.2) is 37.5 Å². The van der Waals surface area contributed by atoms with Crippen molar-refractivity contribution in [3.8, 4) is 0 Å². The summed E-state index contributed by atoms with van der Waals surface area (Å²) in [5, 5.41) is 5.83. The van der Waals surface area contributed by atoms with Gasteiger partial charge in [0.1, 0.15) is 12.4 Å². The third-order valence-corrected chi connectivity index (χ3v) is 5.47. The predicted molar refractivity (Wildman–Crippen MR) is 130 cm³/mol. The Morgan fingerprint density at radius 3 is 2.39 bits per heavy atom. The Balaban J connectivity index is 3.06. The average Bonchev–Trinajstić information content (AvgIpc) is 2.83. The minimum atomic E-state index is -3.37. The first-order chi connectivity index (χ1) is 15.7. The van der Waals surface area contributed by atoms with Crippen LogP contribution in [0.1, 0.15) is 48.0 Å². The molecule has 33 heavy (non-hydrogen) atoms. The number of hydrogen-bond acceptors (Lipinski definition) is 2. The van der Waals surface area contributed by atoms with Crippen LogP contribution in [-0.2, 0) is 4.74 Å². The fraction of sp³-hybridized carbons (Fsp3) is 0.481. The first-order valence-corrected chi connectivity index (χ1v) is 11.3. The Morgan fingerprint density at radius 1 is 1.18 bits per heavy atom. The highest BCUT2D eigenvalue weighted by molar-refractivity contribution is 5.49. The largest absolute Gasteiger partial charge is 0.452 e. The molecular formula is C27H37F4NO. The summed E-state index contributed by atoms with van der Waals surface area (Å²) >= 11 is 0. The minimum Gasteiger partial charge on any atom is -0.452 e. The first kappa shape index (κ1) is 28.7. The van der Waals surface area contributed by atoms with E-state index >= 15 is 0 Å². The highest BCUT2D eigenvalue weighted by atomic mass is 19.2. The van der Waals surface area contributed by atoms with Crippen LogP contribution in [0.15, 0.2) is 59.9 Å². The topological polar surface area (TPSA) is 21.3 Å². The number of alkyl halides is 4. The van der Waals surface area contributed by atoms with E-state index in [1.54, 1.807) is 26.0 Å². The molecule has 0 saturated carbocycles. The molecule has 1 aromatic carbocycles. The van der Waals surface area contributed by atoms with Crippen molar-refractivity contribution in [1.82, 2.24) is 5.32 Å². The minimum absolute atomic E-state index is 0.0251. The van der Waals surface area contributed by atoms with Crippen LogP contribution in [0, 0.1) is 0 Å². The van der Waals surface area contributed by atoms with Crippen molar-refractivity contribution >= 4 is 11.6 Å². The molecule has 0 saturated heterocycles. The molecule has 1 N–H and O–H groups in total. The SMILES string of the molecule is C/C=C(/C=C/[C@@H](C)N[C@H](C)/C(C)=c1\cccc\c1=C\C)C(=C/CC)\OC(F)(CF)C(F)CF. The second-order valence-electron chi connectivity index (χ2n) is 7.96. The predicted octanol–water partition coefficient (Wildman–Crippen LogP) is 5.78. The average molecular weight is 468 g/mol. The number of allylic oxidation sites excluding steroid dienone is 3. The Labute approximate surface area is 195 Å². The van der Waals surface area contributed by atoms with E-state index in [4.69, 9.17) is 4.74 Å². The summed E-state index contributed by atoms with van der Waals surface area (Å²) in [6, 6.07) is 8.18. The van der Waals surface area contributed by atoms with E-state index in [1.807, 2.05) is 32.1 Å². The van der Waals surface area contributed by atoms with Gasteiger partial charge in [-0.1, -0.05) is 55.5 Å². The number of nitrogens with one attached hydrogen (secondary N) is 1. The Morgan fingerprint density at radius 2 is 1.85 bits per heavy atom. The number of hydrogen-bond donors (Lipinski definition) is 1. The van der Waals surface area contributed by atoms with Gasteiger partial charge < -0.3 is 10.1 Å². The quantitative estimate of drug-likeness (QED) is 0.239. The van der Waals surface area contributed by atoms with E-state index in [0.29, 0.717) is 12.0 Å². The van der Waals surface area contributed by atoms with Crippen LogP contribution in [0.4, 0.5) is 17.6 Å². The van der Waals surface area contributed by atoms with E-state index < -0.39 is 25.4 Å². The van der Waals surface area contributed by atoms with Crippen LogP contribution >= 0.6 is 0 Å². The molecule has 2 nitrogen and oxygen atoms in total. The van der Waals surface area contributed by atoms with Gasteiger partial charge in [-0.25, -0.2) is 13.2 Å². The van der Waals surface area contributed by atoms with Gasteiger partial charge in [-0.15, -0.1) is 0 Å². The van der Waals surface area contributed by atoms with Crippen LogP contribution in [0.25, 0.3) is 11.6 Å². The van der Waals surface area contributed by atoms with Crippen LogP contribution in [0.2, 0.25) is 0 Å². The molecule has 0 aromatic heterocycles. The summed E-state index contributed by atoms with van der Waals surface area (Å²) in [6.45, 7) is 8.16. The first-order valence-electron chi connectivity index (χ1n) is 11.3. The van der Waals surface area contributed by atoms with Crippen molar-refractivity contribution in [2.75, 3.05) is 13.3 Å². The van der Waals surface area contributed by atoms with Gasteiger partial charge in [-0.3, -0.25) is 0 Å². The van der Waals surface area contributed by atoms with Gasteiger partial charge in [0.05, 0.1) is 0 Å². The maximum Gasteiger partial charge on any atom is 0.309 e. The highest BCUT2D eigenvalue weighted by Gasteiger charge is 2.43. The van der Waals surface area contributed by atoms with Gasteiger partial charge in [0.15, 0.2) is 6.67 Å². The zero-order valence-electron chi connectivity index (χ0n) is 20.5. The normalized spacial score (nSPS) is 19.3. The lowest BCUT2D eigenvalue weighted by Gasteiger charge is -2.27. The Kier molecular flexibility index (Phi) is 12.2. The molecule has 0 bridgehead atoms. The molecule has 2 unspecified atom stereocenters. The number of rotatable bonds is 12. The van der Waals surface area contributed by atoms with Crippen molar-refractivity contribution in [2.45, 2.75) is 72.1 Å². The molecule has 0 fully saturated rings. The smallest absolute Gasteiger partial charge is 0.309 e. The van der Waals surface area contributed by atoms with Crippen LogP contribution in [0.5, 0.6) is 0 Å². The van der Waals surface area contributed by atoms with Gasteiger partial charge in [-0.05, 0) is 63.1 Å². The zero-order valence-corrected chi connectivity index (χ0v) is 20.5. The van der Waals surface area contributed by atoms with Gasteiger partial charge in [0, 0.05) is 17.7 Å². The molecule has 1 rings (SSSR count). The molecule has 0 heterocycles. The molecule has 184 valence electrons. The highest BCUT2D eigenvalue weighted by Crippen LogP contribution is 2.29. The van der Waals surface area contributed by atoms with Crippen molar-refractivity contribution in [3.63, 3.8) is 0 Å². The lowest BCUT2D eigenvalue weighted by molar-refractivity contribution is -0.172. The second-order valence-corrected chi connectivity index (χ2v) is 7.96. The third-order valence-electron chi connectivity index (χ3n) is 5.47. The summed E-state index contributed by atoms with van der Waals surface area (Å²) in [7, 11) is 0. The summed E-state index contributed by atoms with van der Waals surface area (Å²) in [4.78, 5) is 0. The maximum atomic E-state index is 14.5. The van der Waals surface area contributed by atoms with Crippen molar-refractivity contribution in [2.24, 2.45) is 0 Å². The molecule has 0 amide bonds. The number of benzene rings is 1. The van der Waals surface area contributed by atoms with E-state index in [2.05, 4.69) is 37.4 Å². The van der Waals surface area contributed by atoms with Gasteiger partial charge >= 0.3 is 5.85 Å². The number of ether oxygens (including phenoxy) is 1. The van der Waals surface area contributed by atoms with E-state index in [1.165, 1.54) is 16.9 Å². The second kappa shape index (κ2) is 14.0. The van der Waals surface area contributed by atoms with Gasteiger partial charge in [0.25, 0.3) is 0 Å². The Bertz CT molecular complexity index is 953. The Hall–Kier alpha value is -2.34. The van der Waals surface area contributed by atoms with E-state index in [0.717, 1.165) is 5.22 Å². The molecule has 0 aliphatic heterocycles. The molecule has 0 radical (unpaired) electrons. The van der Waals surface area contributed by atoms with Crippen LogP contribution < -0.4 is 15.8 Å². The van der Waals surface area contributed by atoms with Crippen molar-refractivity contribution < 1.29 is 22.3 Å². The molecule has 0 spiro atoms. The molecule has 1 aromatic rings. The van der Waals surface area contributed by atoms with E-state index in [-0.39, 0.29) is 17.8 Å². The molecule has 4 atom stereocenters. The summed E-state index contributed by atoms with van der Waals surface area (Å²) in [5.74, 6) is -3.39. The standard InChI is InChI=1S/C27H37F4NO/c1-7-12-25(33-27(31,18-29)26(30)17-28)23(9-3)16-15-19(4)32-21(6)20(5)24-14-11-10-13-22(24)8-2/h8-16,19,21,26,32H,7,17-18H2,1-6H3/b16-15+,22-8-,23-9-,24-20+,25-12+/t19-,21-,26?,27?/m1/s1. The van der Waals surface area contributed by atoms with Gasteiger partial charge in [0.2, 0.25) is 6.17 Å². The van der Waals surface area contributed by atoms with Crippen molar-refractivity contribution in [1.29, 1.82) is 0 Å². The fourth-order valence-electron chi connectivity index (χ4n) is 3.36. The molecule has 6 heteroatoms. The summed E-state index contributed by atoms with van der Waals surface area (Å²) in [5.41, 5.74) is 1.64. The third kappa shape index (κ3) is 8.18. The van der Waals surface area contributed by atoms with Gasteiger partial charge in [-0.2, -0.15) is 4.39 Å². The lowest BCUT2D eigenvalue weighted by atomic mass is 10.0.